The van der Waals surface area contributed by atoms with Crippen LogP contribution in [-0.4, -0.2) is 18.7 Å². The fourth-order valence-electron chi connectivity index (χ4n) is 3.12. The van der Waals surface area contributed by atoms with E-state index in [0.717, 1.165) is 36.9 Å². The Kier molecular flexibility index (Phi) is 4.66. The van der Waals surface area contributed by atoms with Crippen LogP contribution in [0.25, 0.3) is 0 Å². The van der Waals surface area contributed by atoms with E-state index in [9.17, 15) is 8.42 Å². The largest absolute Gasteiger partial charge is 0.377 e. The number of sulfone groups is 1. The molecule has 2 aromatic rings. The molecule has 1 saturated carbocycles. The van der Waals surface area contributed by atoms with Gasteiger partial charge in [0, 0.05) is 18.4 Å². The summed E-state index contributed by atoms with van der Waals surface area (Å²) >= 11 is 0. The maximum atomic E-state index is 12.6. The van der Waals surface area contributed by atoms with Crippen LogP contribution in [0.2, 0.25) is 0 Å². The predicted octanol–water partition coefficient (Wildman–Crippen LogP) is 3.97. The lowest BCUT2D eigenvalue weighted by Gasteiger charge is -2.16. The van der Waals surface area contributed by atoms with Crippen molar-refractivity contribution in [3.63, 3.8) is 0 Å². The van der Waals surface area contributed by atoms with Crippen LogP contribution in [-0.2, 0) is 9.84 Å². The van der Waals surface area contributed by atoms with Gasteiger partial charge >= 0.3 is 0 Å². The molecule has 3 rings (SSSR count). The first-order chi connectivity index (χ1) is 11.1. The van der Waals surface area contributed by atoms with Crippen molar-refractivity contribution in [2.45, 2.75) is 48.8 Å². The Morgan fingerprint density at radius 2 is 1.83 bits per heavy atom. The number of hydrogen-bond donors (Lipinski definition) is 1. The third-order valence-corrected chi connectivity index (χ3v) is 6.77. The van der Waals surface area contributed by atoms with Gasteiger partial charge in [-0.1, -0.05) is 25.0 Å². The molecule has 1 aliphatic rings. The molecule has 0 bridgehead atoms. The van der Waals surface area contributed by atoms with Crippen molar-refractivity contribution in [2.24, 2.45) is 0 Å². The molecule has 0 aliphatic heterocycles. The number of rotatable bonds is 5. The number of hydrogen-bond acceptors (Lipinski definition) is 4. The number of nitrogens with zero attached hydrogens (tertiary/aromatic N) is 1. The zero-order valence-electron chi connectivity index (χ0n) is 13.3. The lowest BCUT2D eigenvalue weighted by atomic mass is 10.1. The van der Waals surface area contributed by atoms with Crippen molar-refractivity contribution < 1.29 is 8.42 Å². The summed E-state index contributed by atoms with van der Waals surface area (Å²) in [5.41, 5.74) is 2.00. The Morgan fingerprint density at radius 1 is 1.13 bits per heavy atom. The fourth-order valence-corrected chi connectivity index (χ4v) is 4.97. The highest BCUT2D eigenvalue weighted by Crippen LogP contribution is 2.30. The number of benzene rings is 1. The van der Waals surface area contributed by atoms with Gasteiger partial charge in [0.2, 0.25) is 0 Å². The van der Waals surface area contributed by atoms with E-state index in [1.54, 1.807) is 24.5 Å². The first-order valence-corrected chi connectivity index (χ1v) is 9.62. The minimum Gasteiger partial charge on any atom is -0.377 e. The normalized spacial score (nSPS) is 17.1. The molecule has 1 aromatic carbocycles. The van der Waals surface area contributed by atoms with Gasteiger partial charge in [-0.15, -0.1) is 0 Å². The molecule has 0 spiro atoms. The molecule has 23 heavy (non-hydrogen) atoms. The van der Waals surface area contributed by atoms with E-state index in [1.165, 1.54) is 0 Å². The number of aromatic nitrogens is 1. The summed E-state index contributed by atoms with van der Waals surface area (Å²) in [5, 5.41) is 3.16. The van der Waals surface area contributed by atoms with Crippen LogP contribution in [0.15, 0.2) is 53.7 Å². The van der Waals surface area contributed by atoms with Gasteiger partial charge in [-0.2, -0.15) is 0 Å². The third-order valence-electron chi connectivity index (χ3n) is 4.49. The van der Waals surface area contributed by atoms with Gasteiger partial charge < -0.3 is 5.32 Å². The van der Waals surface area contributed by atoms with Crippen LogP contribution >= 0.6 is 0 Å². The molecule has 1 atom stereocenters. The van der Waals surface area contributed by atoms with Crippen molar-refractivity contribution in [1.82, 2.24) is 4.98 Å². The van der Waals surface area contributed by atoms with Gasteiger partial charge in [-0.25, -0.2) is 8.42 Å². The number of anilines is 1. The van der Waals surface area contributed by atoms with Crippen molar-refractivity contribution in [2.75, 3.05) is 5.32 Å². The van der Waals surface area contributed by atoms with E-state index in [1.807, 2.05) is 31.2 Å². The first kappa shape index (κ1) is 16.0. The Balaban J connectivity index is 1.74. The molecule has 0 radical (unpaired) electrons. The summed E-state index contributed by atoms with van der Waals surface area (Å²) in [7, 11) is -3.17. The van der Waals surface area contributed by atoms with E-state index in [2.05, 4.69) is 10.3 Å². The lowest BCUT2D eigenvalue weighted by Crippen LogP contribution is -2.18. The van der Waals surface area contributed by atoms with Crippen LogP contribution < -0.4 is 5.32 Å². The van der Waals surface area contributed by atoms with E-state index in [4.69, 9.17) is 0 Å². The average molecular weight is 330 g/mol. The van der Waals surface area contributed by atoms with Crippen molar-refractivity contribution in [3.8, 4) is 0 Å². The predicted molar refractivity (Wildman–Crippen MR) is 92.2 cm³/mol. The van der Waals surface area contributed by atoms with Gasteiger partial charge in [0.1, 0.15) is 0 Å². The molecule has 5 heteroatoms. The highest BCUT2D eigenvalue weighted by atomic mass is 32.2. The summed E-state index contributed by atoms with van der Waals surface area (Å²) in [4.78, 5) is 4.53. The number of pyridine rings is 1. The van der Waals surface area contributed by atoms with Crippen molar-refractivity contribution >= 4 is 15.5 Å². The second-order valence-electron chi connectivity index (χ2n) is 6.13. The second-order valence-corrected chi connectivity index (χ2v) is 8.36. The molecule has 1 heterocycles. The smallest absolute Gasteiger partial charge is 0.181 e. The number of nitrogens with one attached hydrogen (secondary N) is 1. The van der Waals surface area contributed by atoms with Gasteiger partial charge in [-0.3, -0.25) is 4.98 Å². The zero-order valence-corrected chi connectivity index (χ0v) is 14.1. The monoisotopic (exact) mass is 330 g/mol. The Hall–Kier alpha value is -1.88. The quantitative estimate of drug-likeness (QED) is 0.901. The Morgan fingerprint density at radius 3 is 2.43 bits per heavy atom. The van der Waals surface area contributed by atoms with E-state index < -0.39 is 9.84 Å². The van der Waals surface area contributed by atoms with Gasteiger partial charge in [-0.05, 0) is 49.6 Å². The average Bonchev–Trinajstić information content (AvgIpc) is 3.11. The van der Waals surface area contributed by atoms with Crippen LogP contribution in [0.3, 0.4) is 0 Å². The molecule has 0 unspecified atom stereocenters. The molecule has 122 valence electrons. The zero-order chi connectivity index (χ0) is 16.3. The molecule has 1 aromatic heterocycles. The standard InChI is InChI=1S/C18H22N2O2S/c1-14(20-16-5-4-12-19-13-16)15-8-10-18(11-9-15)23(21,22)17-6-2-3-7-17/h4-5,8-14,17,20H,2-3,6-7H2,1H3/t14-/m0/s1. The molecule has 0 saturated heterocycles. The summed E-state index contributed by atoms with van der Waals surface area (Å²) in [6.45, 7) is 2.05. The minimum atomic E-state index is -3.17. The van der Waals surface area contributed by atoms with E-state index >= 15 is 0 Å². The van der Waals surface area contributed by atoms with Crippen LogP contribution in [0.5, 0.6) is 0 Å². The third kappa shape index (κ3) is 3.55. The first-order valence-electron chi connectivity index (χ1n) is 8.08. The van der Waals surface area contributed by atoms with Gasteiger partial charge in [0.15, 0.2) is 9.84 Å². The maximum absolute atomic E-state index is 12.6. The van der Waals surface area contributed by atoms with E-state index in [-0.39, 0.29) is 11.3 Å². The summed E-state index contributed by atoms with van der Waals surface area (Å²) < 4.78 is 25.2. The molecule has 1 N–H and O–H groups in total. The highest BCUT2D eigenvalue weighted by Gasteiger charge is 2.30. The highest BCUT2D eigenvalue weighted by molar-refractivity contribution is 7.92. The molecular formula is C18H22N2O2S. The molecule has 0 amide bonds. The van der Waals surface area contributed by atoms with Crippen LogP contribution in [0.1, 0.15) is 44.2 Å². The van der Waals surface area contributed by atoms with Crippen molar-refractivity contribution in [3.05, 3.63) is 54.4 Å². The molecule has 4 nitrogen and oxygen atoms in total. The molecule has 1 aliphatic carbocycles. The Bertz CT molecular complexity index is 736. The topological polar surface area (TPSA) is 59.1 Å². The van der Waals surface area contributed by atoms with Crippen LogP contribution in [0.4, 0.5) is 5.69 Å². The summed E-state index contributed by atoms with van der Waals surface area (Å²) in [6.07, 6.45) is 7.14. The van der Waals surface area contributed by atoms with Crippen molar-refractivity contribution in [1.29, 1.82) is 0 Å². The Labute approximate surface area is 137 Å². The molecular weight excluding hydrogens is 308 g/mol. The summed E-state index contributed by atoms with van der Waals surface area (Å²) in [6, 6.07) is 11.2. The van der Waals surface area contributed by atoms with Gasteiger partial charge in [0.05, 0.1) is 15.8 Å². The molecule has 1 fully saturated rings. The van der Waals surface area contributed by atoms with Crippen LogP contribution in [0, 0.1) is 0 Å². The van der Waals surface area contributed by atoms with Gasteiger partial charge in [0.25, 0.3) is 0 Å². The minimum absolute atomic E-state index is 0.0856. The summed E-state index contributed by atoms with van der Waals surface area (Å²) in [5.74, 6) is 0. The lowest BCUT2D eigenvalue weighted by molar-refractivity contribution is 0.579. The SMILES string of the molecule is C[C@H](Nc1cccnc1)c1ccc(S(=O)(=O)C2CCCC2)cc1. The fraction of sp³-hybridized carbons (Fsp3) is 0.389. The van der Waals surface area contributed by atoms with E-state index in [0.29, 0.717) is 4.90 Å². The second kappa shape index (κ2) is 6.71. The maximum Gasteiger partial charge on any atom is 0.181 e.